The molecule has 0 spiro atoms. The van der Waals surface area contributed by atoms with Crippen LogP contribution >= 0.6 is 0 Å². The zero-order valence-corrected chi connectivity index (χ0v) is 10.8. The summed E-state index contributed by atoms with van der Waals surface area (Å²) in [6.45, 7) is 5.40. The van der Waals surface area contributed by atoms with Crippen LogP contribution in [0.3, 0.4) is 0 Å². The maximum absolute atomic E-state index is 11.8. The smallest absolute Gasteiger partial charge is 0.331 e. The topological polar surface area (TPSA) is 83.5 Å². The van der Waals surface area contributed by atoms with Crippen LogP contribution < -0.4 is 4.72 Å². The van der Waals surface area contributed by atoms with Crippen LogP contribution in [0.5, 0.6) is 0 Å². The summed E-state index contributed by atoms with van der Waals surface area (Å²) >= 11 is 0. The third-order valence-corrected chi connectivity index (χ3v) is 3.81. The Morgan fingerprint density at radius 1 is 1.44 bits per heavy atom. The second-order valence-electron chi connectivity index (χ2n) is 3.73. The van der Waals surface area contributed by atoms with Crippen molar-refractivity contribution in [2.75, 3.05) is 6.54 Å². The van der Waals surface area contributed by atoms with Crippen molar-refractivity contribution in [1.29, 1.82) is 0 Å². The van der Waals surface area contributed by atoms with Gasteiger partial charge in [-0.05, 0) is 17.7 Å². The van der Waals surface area contributed by atoms with Crippen molar-refractivity contribution in [3.8, 4) is 0 Å². The van der Waals surface area contributed by atoms with Crippen LogP contribution in [0.15, 0.2) is 41.3 Å². The second kappa shape index (κ2) is 5.79. The quantitative estimate of drug-likeness (QED) is 0.759. The first-order valence-corrected chi connectivity index (χ1v) is 6.85. The highest BCUT2D eigenvalue weighted by Crippen LogP contribution is 2.14. The molecule has 1 aromatic rings. The molecule has 0 aliphatic carbocycles. The molecular formula is C12H15NO4S. The molecule has 1 rings (SSSR count). The largest absolute Gasteiger partial charge is 0.478 e. The van der Waals surface area contributed by atoms with Crippen molar-refractivity contribution in [2.24, 2.45) is 0 Å². The molecule has 0 saturated heterocycles. The van der Waals surface area contributed by atoms with Gasteiger partial charge in [0.05, 0.1) is 4.90 Å². The fourth-order valence-electron chi connectivity index (χ4n) is 1.42. The van der Waals surface area contributed by atoms with Gasteiger partial charge in [0, 0.05) is 18.5 Å². The van der Waals surface area contributed by atoms with E-state index in [-0.39, 0.29) is 16.9 Å². The van der Waals surface area contributed by atoms with Crippen LogP contribution in [-0.2, 0) is 21.2 Å². The highest BCUT2D eigenvalue weighted by molar-refractivity contribution is 7.89. The Hall–Kier alpha value is -1.66. The van der Waals surface area contributed by atoms with Gasteiger partial charge in [-0.25, -0.2) is 17.9 Å². The molecule has 0 fully saturated rings. The lowest BCUT2D eigenvalue weighted by molar-refractivity contribution is -0.132. The minimum absolute atomic E-state index is 0.0213. The van der Waals surface area contributed by atoms with Gasteiger partial charge in [0.25, 0.3) is 0 Å². The van der Waals surface area contributed by atoms with Crippen molar-refractivity contribution >= 4 is 16.0 Å². The standard InChI is InChI=1S/C12H15NO4S/c1-3-13-18(16,17)11-6-4-5-10(8-11)7-9(2)12(14)15/h4-6,8,13H,2-3,7H2,1H3,(H,14,15). The number of carbonyl (C=O) groups is 1. The van der Waals surface area contributed by atoms with Crippen molar-refractivity contribution in [3.63, 3.8) is 0 Å². The fourth-order valence-corrected chi connectivity index (χ4v) is 2.53. The normalized spacial score (nSPS) is 11.2. The van der Waals surface area contributed by atoms with Crippen molar-refractivity contribution in [1.82, 2.24) is 4.72 Å². The Bertz CT molecular complexity index is 563. The Morgan fingerprint density at radius 3 is 2.67 bits per heavy atom. The molecule has 0 bridgehead atoms. The summed E-state index contributed by atoms with van der Waals surface area (Å²) in [4.78, 5) is 10.8. The molecule has 5 nitrogen and oxygen atoms in total. The fraction of sp³-hybridized carbons (Fsp3) is 0.250. The van der Waals surface area contributed by atoms with Gasteiger partial charge in [-0.1, -0.05) is 25.6 Å². The molecule has 0 aromatic heterocycles. The minimum Gasteiger partial charge on any atom is -0.478 e. The predicted molar refractivity (Wildman–Crippen MR) is 67.8 cm³/mol. The van der Waals surface area contributed by atoms with E-state index in [1.54, 1.807) is 19.1 Å². The van der Waals surface area contributed by atoms with Gasteiger partial charge >= 0.3 is 5.97 Å². The highest BCUT2D eigenvalue weighted by atomic mass is 32.2. The maximum atomic E-state index is 11.8. The summed E-state index contributed by atoms with van der Waals surface area (Å²) in [5.41, 5.74) is 0.620. The second-order valence-corrected chi connectivity index (χ2v) is 5.50. The Kier molecular flexibility index (Phi) is 4.63. The number of sulfonamides is 1. The van der Waals surface area contributed by atoms with E-state index in [0.29, 0.717) is 12.1 Å². The van der Waals surface area contributed by atoms with Crippen LogP contribution in [-0.4, -0.2) is 26.0 Å². The van der Waals surface area contributed by atoms with Gasteiger partial charge in [-0.3, -0.25) is 0 Å². The van der Waals surface area contributed by atoms with Crippen LogP contribution in [0.1, 0.15) is 12.5 Å². The molecule has 0 saturated carbocycles. The third kappa shape index (κ3) is 3.68. The zero-order valence-electron chi connectivity index (χ0n) is 10.0. The number of rotatable bonds is 6. The molecule has 0 aliphatic rings. The molecule has 0 amide bonds. The lowest BCUT2D eigenvalue weighted by Gasteiger charge is -2.07. The first kappa shape index (κ1) is 14.4. The van der Waals surface area contributed by atoms with E-state index in [1.807, 2.05) is 0 Å². The van der Waals surface area contributed by atoms with Crippen LogP contribution in [0.25, 0.3) is 0 Å². The number of carboxylic acid groups (broad SMARTS) is 1. The first-order valence-electron chi connectivity index (χ1n) is 5.36. The average Bonchev–Trinajstić information content (AvgIpc) is 2.29. The molecule has 0 radical (unpaired) electrons. The van der Waals surface area contributed by atoms with Gasteiger partial charge in [-0.15, -0.1) is 0 Å². The molecule has 0 unspecified atom stereocenters. The van der Waals surface area contributed by atoms with E-state index in [1.165, 1.54) is 12.1 Å². The van der Waals surface area contributed by atoms with E-state index in [0.717, 1.165) is 0 Å². The minimum atomic E-state index is -3.52. The molecular weight excluding hydrogens is 254 g/mol. The summed E-state index contributed by atoms with van der Waals surface area (Å²) in [5.74, 6) is -1.09. The van der Waals surface area contributed by atoms with E-state index < -0.39 is 16.0 Å². The maximum Gasteiger partial charge on any atom is 0.331 e. The summed E-state index contributed by atoms with van der Waals surface area (Å²) < 4.78 is 25.9. The third-order valence-electron chi connectivity index (χ3n) is 2.26. The van der Waals surface area contributed by atoms with E-state index in [2.05, 4.69) is 11.3 Å². The zero-order chi connectivity index (χ0) is 13.8. The predicted octanol–water partition coefficient (Wildman–Crippen LogP) is 1.17. The van der Waals surface area contributed by atoms with E-state index >= 15 is 0 Å². The molecule has 18 heavy (non-hydrogen) atoms. The highest BCUT2D eigenvalue weighted by Gasteiger charge is 2.13. The number of carboxylic acids is 1. The summed E-state index contributed by atoms with van der Waals surface area (Å²) in [6.07, 6.45) is 0.116. The number of nitrogens with one attached hydrogen (secondary N) is 1. The van der Waals surface area contributed by atoms with E-state index in [4.69, 9.17) is 5.11 Å². The van der Waals surface area contributed by atoms with Crippen molar-refractivity contribution < 1.29 is 18.3 Å². The summed E-state index contributed by atoms with van der Waals surface area (Å²) in [6, 6.07) is 6.16. The van der Waals surface area contributed by atoms with Gasteiger partial charge in [0.1, 0.15) is 0 Å². The van der Waals surface area contributed by atoms with Gasteiger partial charge in [-0.2, -0.15) is 0 Å². The van der Waals surface area contributed by atoms with Crippen LogP contribution in [0, 0.1) is 0 Å². The summed E-state index contributed by atoms with van der Waals surface area (Å²) in [5, 5.41) is 8.73. The van der Waals surface area contributed by atoms with Crippen molar-refractivity contribution in [3.05, 3.63) is 42.0 Å². The molecule has 0 heterocycles. The number of benzene rings is 1. The van der Waals surface area contributed by atoms with Gasteiger partial charge in [0.2, 0.25) is 10.0 Å². The van der Waals surface area contributed by atoms with Crippen LogP contribution in [0.4, 0.5) is 0 Å². The SMILES string of the molecule is C=C(Cc1cccc(S(=O)(=O)NCC)c1)C(=O)O. The number of hydrogen-bond donors (Lipinski definition) is 2. The number of hydrogen-bond acceptors (Lipinski definition) is 3. The Balaban J connectivity index is 3.00. The molecule has 0 atom stereocenters. The van der Waals surface area contributed by atoms with E-state index in [9.17, 15) is 13.2 Å². The molecule has 98 valence electrons. The van der Waals surface area contributed by atoms with Gasteiger partial charge < -0.3 is 5.11 Å². The van der Waals surface area contributed by atoms with Gasteiger partial charge in [0.15, 0.2) is 0 Å². The lowest BCUT2D eigenvalue weighted by atomic mass is 10.1. The monoisotopic (exact) mass is 269 g/mol. The van der Waals surface area contributed by atoms with Crippen LogP contribution in [0.2, 0.25) is 0 Å². The average molecular weight is 269 g/mol. The van der Waals surface area contributed by atoms with Crippen molar-refractivity contribution in [2.45, 2.75) is 18.2 Å². The molecule has 0 aliphatic heterocycles. The Morgan fingerprint density at radius 2 is 2.11 bits per heavy atom. The molecule has 2 N–H and O–H groups in total. The molecule has 1 aromatic carbocycles. The summed E-state index contributed by atoms with van der Waals surface area (Å²) in [7, 11) is -3.52. The number of aliphatic carboxylic acids is 1. The molecule has 6 heteroatoms. The lowest BCUT2D eigenvalue weighted by Crippen LogP contribution is -2.23. The first-order chi connectivity index (χ1) is 8.36. The Labute approximate surface area is 106 Å².